The van der Waals surface area contributed by atoms with Crippen LogP contribution in [-0.4, -0.2) is 66.4 Å². The van der Waals surface area contributed by atoms with E-state index in [-0.39, 0.29) is 0 Å². The molecule has 0 aliphatic carbocycles. The molecule has 1 fully saturated rings. The summed E-state index contributed by atoms with van der Waals surface area (Å²) in [6.07, 6.45) is 4.43. The number of aryl methyl sites for hydroxylation is 1. The fraction of sp³-hybridized carbons (Fsp3) is 0.360. The Morgan fingerprint density at radius 3 is 2.79 bits per heavy atom. The number of nitrogens with one attached hydrogen (secondary N) is 1. The molecule has 0 amide bonds. The first-order valence-corrected chi connectivity index (χ1v) is 11.2. The van der Waals surface area contributed by atoms with Crippen LogP contribution in [0, 0.1) is 6.92 Å². The van der Waals surface area contributed by atoms with Crippen molar-refractivity contribution in [1.82, 2.24) is 19.9 Å². The van der Waals surface area contributed by atoms with Crippen LogP contribution in [0.2, 0.25) is 0 Å². The van der Waals surface area contributed by atoms with Crippen LogP contribution in [0.25, 0.3) is 21.8 Å². The summed E-state index contributed by atoms with van der Waals surface area (Å²) in [4.78, 5) is 14.4. The van der Waals surface area contributed by atoms with E-state index in [1.807, 2.05) is 36.5 Å². The zero-order valence-corrected chi connectivity index (χ0v) is 19.0. The summed E-state index contributed by atoms with van der Waals surface area (Å²) < 4.78 is 23.2. The standard InChI is InChI=1S/C25H28N4O4/c1-17-15-26-21-5-4-18(12-19(17)21)33-25-20-13-23(30-2)24(14-22(20)27-16-28-25)32-9-3-6-29-7-10-31-11-8-29/h4-5,12-16,26H,3,6-11H2,1-2H3. The van der Waals surface area contributed by atoms with Crippen molar-refractivity contribution >= 4 is 21.8 Å². The third-order valence-corrected chi connectivity index (χ3v) is 5.94. The molecule has 5 rings (SSSR count). The summed E-state index contributed by atoms with van der Waals surface area (Å²) in [6, 6.07) is 9.71. The number of hydrogen-bond acceptors (Lipinski definition) is 7. The van der Waals surface area contributed by atoms with Crippen molar-refractivity contribution in [2.45, 2.75) is 13.3 Å². The minimum absolute atomic E-state index is 0.477. The Hall–Kier alpha value is -3.36. The minimum atomic E-state index is 0.477. The Bertz CT molecular complexity index is 1250. The van der Waals surface area contributed by atoms with Crippen molar-refractivity contribution in [3.8, 4) is 23.1 Å². The highest BCUT2D eigenvalue weighted by Crippen LogP contribution is 2.36. The highest BCUT2D eigenvalue weighted by molar-refractivity contribution is 5.88. The summed E-state index contributed by atoms with van der Waals surface area (Å²) in [5.74, 6) is 2.49. The third-order valence-electron chi connectivity index (χ3n) is 5.94. The molecule has 2 aromatic heterocycles. The van der Waals surface area contributed by atoms with Gasteiger partial charge in [-0.15, -0.1) is 0 Å². The van der Waals surface area contributed by atoms with Crippen molar-refractivity contribution in [1.29, 1.82) is 0 Å². The molecular weight excluding hydrogens is 420 g/mol. The Morgan fingerprint density at radius 1 is 1.06 bits per heavy atom. The van der Waals surface area contributed by atoms with E-state index in [1.54, 1.807) is 7.11 Å². The average molecular weight is 449 g/mol. The fourth-order valence-corrected chi connectivity index (χ4v) is 4.10. The number of aromatic nitrogens is 3. The maximum atomic E-state index is 6.15. The highest BCUT2D eigenvalue weighted by atomic mass is 16.5. The van der Waals surface area contributed by atoms with Crippen LogP contribution in [0.5, 0.6) is 23.1 Å². The number of benzene rings is 2. The van der Waals surface area contributed by atoms with Crippen molar-refractivity contribution in [3.63, 3.8) is 0 Å². The molecule has 1 aliphatic rings. The van der Waals surface area contributed by atoms with E-state index >= 15 is 0 Å². The summed E-state index contributed by atoms with van der Waals surface area (Å²) in [5, 5.41) is 1.89. The maximum absolute atomic E-state index is 6.15. The van der Waals surface area contributed by atoms with Crippen molar-refractivity contribution in [2.75, 3.05) is 46.6 Å². The van der Waals surface area contributed by atoms with Crippen LogP contribution in [-0.2, 0) is 4.74 Å². The Morgan fingerprint density at radius 2 is 1.94 bits per heavy atom. The van der Waals surface area contributed by atoms with Gasteiger partial charge in [0.15, 0.2) is 11.5 Å². The van der Waals surface area contributed by atoms with Gasteiger partial charge in [0.25, 0.3) is 0 Å². The summed E-state index contributed by atoms with van der Waals surface area (Å²) in [6.45, 7) is 7.24. The molecule has 1 saturated heterocycles. The first-order valence-electron chi connectivity index (χ1n) is 11.2. The average Bonchev–Trinajstić information content (AvgIpc) is 3.22. The molecule has 0 saturated carbocycles. The first kappa shape index (κ1) is 21.5. The maximum Gasteiger partial charge on any atom is 0.230 e. The fourth-order valence-electron chi connectivity index (χ4n) is 4.10. The van der Waals surface area contributed by atoms with Gasteiger partial charge in [0.2, 0.25) is 5.88 Å². The van der Waals surface area contributed by atoms with Gasteiger partial charge in [-0.2, -0.15) is 0 Å². The van der Waals surface area contributed by atoms with Crippen LogP contribution >= 0.6 is 0 Å². The molecule has 0 atom stereocenters. The lowest BCUT2D eigenvalue weighted by atomic mass is 10.2. The number of morpholine rings is 1. The van der Waals surface area contributed by atoms with Crippen LogP contribution in [0.15, 0.2) is 42.9 Å². The molecule has 172 valence electrons. The Labute approximate surface area is 192 Å². The van der Waals surface area contributed by atoms with Crippen molar-refractivity contribution in [2.24, 2.45) is 0 Å². The van der Waals surface area contributed by atoms with E-state index in [0.717, 1.165) is 61.1 Å². The predicted octanol–water partition coefficient (Wildman–Crippen LogP) is 4.32. The molecule has 2 aromatic carbocycles. The summed E-state index contributed by atoms with van der Waals surface area (Å²) >= 11 is 0. The molecule has 4 aromatic rings. The van der Waals surface area contributed by atoms with Crippen LogP contribution < -0.4 is 14.2 Å². The predicted molar refractivity (Wildman–Crippen MR) is 127 cm³/mol. The number of aromatic amines is 1. The van der Waals surface area contributed by atoms with Crippen molar-refractivity contribution in [3.05, 3.63) is 48.4 Å². The van der Waals surface area contributed by atoms with Gasteiger partial charge in [-0.25, -0.2) is 9.97 Å². The van der Waals surface area contributed by atoms with E-state index < -0.39 is 0 Å². The monoisotopic (exact) mass is 448 g/mol. The van der Waals surface area contributed by atoms with Crippen molar-refractivity contribution < 1.29 is 18.9 Å². The molecule has 0 spiro atoms. The smallest absolute Gasteiger partial charge is 0.230 e. The van der Waals surface area contributed by atoms with E-state index in [2.05, 4.69) is 26.8 Å². The third kappa shape index (κ3) is 4.72. The van der Waals surface area contributed by atoms with Crippen LogP contribution in [0.1, 0.15) is 12.0 Å². The largest absolute Gasteiger partial charge is 0.493 e. The van der Waals surface area contributed by atoms with Gasteiger partial charge < -0.3 is 23.9 Å². The van der Waals surface area contributed by atoms with Gasteiger partial charge in [0.05, 0.1) is 37.8 Å². The second-order valence-corrected chi connectivity index (χ2v) is 8.14. The molecule has 8 heteroatoms. The quantitative estimate of drug-likeness (QED) is 0.402. The lowest BCUT2D eigenvalue weighted by Crippen LogP contribution is -2.37. The Kier molecular flexibility index (Phi) is 6.28. The molecule has 1 aliphatic heterocycles. The number of rotatable bonds is 8. The zero-order valence-electron chi connectivity index (χ0n) is 19.0. The number of H-pyrrole nitrogens is 1. The zero-order chi connectivity index (χ0) is 22.6. The highest BCUT2D eigenvalue weighted by Gasteiger charge is 2.14. The lowest BCUT2D eigenvalue weighted by molar-refractivity contribution is 0.0357. The number of fused-ring (bicyclic) bond motifs is 2. The minimum Gasteiger partial charge on any atom is -0.493 e. The molecule has 0 unspecified atom stereocenters. The molecule has 3 heterocycles. The van der Waals surface area contributed by atoms with Gasteiger partial charge >= 0.3 is 0 Å². The van der Waals surface area contributed by atoms with Gasteiger partial charge in [-0.05, 0) is 43.2 Å². The van der Waals surface area contributed by atoms with Crippen LogP contribution in [0.3, 0.4) is 0 Å². The van der Waals surface area contributed by atoms with E-state index in [1.165, 1.54) is 11.9 Å². The normalized spacial score (nSPS) is 14.6. The molecule has 8 nitrogen and oxygen atoms in total. The lowest BCUT2D eigenvalue weighted by Gasteiger charge is -2.26. The Balaban J connectivity index is 1.33. The molecule has 0 bridgehead atoms. The summed E-state index contributed by atoms with van der Waals surface area (Å²) in [7, 11) is 1.63. The molecule has 33 heavy (non-hydrogen) atoms. The molecule has 1 N–H and O–H groups in total. The second kappa shape index (κ2) is 9.64. The molecular formula is C25H28N4O4. The number of hydrogen-bond donors (Lipinski definition) is 1. The first-order chi connectivity index (χ1) is 16.2. The van der Waals surface area contributed by atoms with Gasteiger partial charge in [0.1, 0.15) is 12.1 Å². The SMILES string of the molecule is COc1cc2c(Oc3ccc4[nH]cc(C)c4c3)ncnc2cc1OCCCN1CCOCC1. The topological polar surface area (TPSA) is 81.7 Å². The van der Waals surface area contributed by atoms with E-state index in [9.17, 15) is 0 Å². The second-order valence-electron chi connectivity index (χ2n) is 8.14. The number of methoxy groups -OCH3 is 1. The van der Waals surface area contributed by atoms with Gasteiger partial charge in [0, 0.05) is 42.8 Å². The molecule has 0 radical (unpaired) electrons. The number of nitrogens with zero attached hydrogens (tertiary/aromatic N) is 3. The van der Waals surface area contributed by atoms with E-state index in [4.69, 9.17) is 18.9 Å². The summed E-state index contributed by atoms with van der Waals surface area (Å²) in [5.41, 5.74) is 2.98. The van der Waals surface area contributed by atoms with E-state index in [0.29, 0.717) is 29.7 Å². The van der Waals surface area contributed by atoms with Gasteiger partial charge in [-0.1, -0.05) is 0 Å². The van der Waals surface area contributed by atoms with Gasteiger partial charge in [-0.3, -0.25) is 4.90 Å². The van der Waals surface area contributed by atoms with Crippen LogP contribution in [0.4, 0.5) is 0 Å². The number of ether oxygens (including phenoxy) is 4.